The molecule has 44 heavy (non-hydrogen) atoms. The van der Waals surface area contributed by atoms with Gasteiger partial charge in [0.05, 0.1) is 23.6 Å². The standard InChI is InChI=1S/C35H44N6O3/c1-7-28-20-41(19-26-17-36-14-12-31(26)44-28)18-25-16-24(9-8-22(25)2)32(35(4,5)34(42)37-27-13-15-43-21-27)29-10-11-30-33(23(29)3)38-39-40(30)6/h8-12,14,16-17,27-28,32H,7,13,15,18-21H2,1-6H3,(H,37,42)/t27?,28-,32?/m1/s1. The first-order valence-electron chi connectivity index (χ1n) is 15.7. The Morgan fingerprint density at radius 3 is 2.80 bits per heavy atom. The molecule has 1 amide bonds. The maximum Gasteiger partial charge on any atom is 0.226 e. The Balaban J connectivity index is 1.39. The molecule has 4 aromatic rings. The molecule has 9 nitrogen and oxygen atoms in total. The van der Waals surface area contributed by atoms with Crippen molar-refractivity contribution in [1.29, 1.82) is 0 Å². The summed E-state index contributed by atoms with van der Waals surface area (Å²) in [4.78, 5) is 20.9. The van der Waals surface area contributed by atoms with Gasteiger partial charge in [0, 0.05) is 57.2 Å². The van der Waals surface area contributed by atoms with Crippen LogP contribution < -0.4 is 10.1 Å². The fraction of sp³-hybridized carbons (Fsp3) is 0.486. The Bertz CT molecular complexity index is 1660. The monoisotopic (exact) mass is 596 g/mol. The van der Waals surface area contributed by atoms with Crippen LogP contribution in [0.1, 0.15) is 72.9 Å². The highest BCUT2D eigenvalue weighted by Crippen LogP contribution is 2.44. The molecule has 2 aliphatic heterocycles. The number of nitrogens with one attached hydrogen (secondary N) is 1. The number of nitrogens with zero attached hydrogens (tertiary/aromatic N) is 5. The maximum absolute atomic E-state index is 14.1. The zero-order valence-corrected chi connectivity index (χ0v) is 26.8. The molecule has 2 unspecified atom stereocenters. The number of hydrogen-bond acceptors (Lipinski definition) is 7. The predicted molar refractivity (Wildman–Crippen MR) is 170 cm³/mol. The molecular formula is C35H44N6O3. The first-order valence-corrected chi connectivity index (χ1v) is 15.7. The van der Waals surface area contributed by atoms with Crippen LogP contribution in [0.25, 0.3) is 11.0 Å². The van der Waals surface area contributed by atoms with E-state index in [1.54, 1.807) is 10.9 Å². The number of rotatable bonds is 8. The van der Waals surface area contributed by atoms with Gasteiger partial charge in [-0.15, -0.1) is 5.10 Å². The molecule has 3 atom stereocenters. The number of carbonyl (C=O) groups is 1. The Morgan fingerprint density at radius 1 is 1.18 bits per heavy atom. The lowest BCUT2D eigenvalue weighted by Gasteiger charge is -2.36. The van der Waals surface area contributed by atoms with E-state index < -0.39 is 5.41 Å². The minimum Gasteiger partial charge on any atom is -0.489 e. The molecule has 0 radical (unpaired) electrons. The van der Waals surface area contributed by atoms with Gasteiger partial charge in [-0.1, -0.05) is 50.3 Å². The van der Waals surface area contributed by atoms with Gasteiger partial charge in [0.15, 0.2) is 0 Å². The van der Waals surface area contributed by atoms with Crippen molar-refractivity contribution in [2.24, 2.45) is 12.5 Å². The average Bonchev–Trinajstić information content (AvgIpc) is 3.61. The second-order valence-electron chi connectivity index (χ2n) is 13.0. The smallest absolute Gasteiger partial charge is 0.226 e. The molecule has 6 rings (SSSR count). The average molecular weight is 597 g/mol. The lowest BCUT2D eigenvalue weighted by Crippen LogP contribution is -2.46. The van der Waals surface area contributed by atoms with E-state index in [1.807, 2.05) is 19.3 Å². The van der Waals surface area contributed by atoms with Gasteiger partial charge in [0.2, 0.25) is 5.91 Å². The van der Waals surface area contributed by atoms with Gasteiger partial charge in [-0.2, -0.15) is 0 Å². The maximum atomic E-state index is 14.1. The van der Waals surface area contributed by atoms with Gasteiger partial charge in [0.25, 0.3) is 0 Å². The number of carbonyl (C=O) groups excluding carboxylic acids is 1. The van der Waals surface area contributed by atoms with E-state index in [0.29, 0.717) is 13.2 Å². The highest BCUT2D eigenvalue weighted by molar-refractivity contribution is 5.85. The molecule has 2 aliphatic rings. The van der Waals surface area contributed by atoms with Gasteiger partial charge >= 0.3 is 0 Å². The van der Waals surface area contributed by atoms with Crippen LogP contribution in [0.15, 0.2) is 48.8 Å². The van der Waals surface area contributed by atoms with Crippen LogP contribution in [-0.2, 0) is 29.7 Å². The number of fused-ring (bicyclic) bond motifs is 2. The number of aromatic nitrogens is 4. The summed E-state index contributed by atoms with van der Waals surface area (Å²) in [6, 6.07) is 12.9. The number of pyridine rings is 1. The Hall–Kier alpha value is -3.82. The first-order chi connectivity index (χ1) is 21.2. The van der Waals surface area contributed by atoms with Gasteiger partial charge in [0.1, 0.15) is 17.4 Å². The van der Waals surface area contributed by atoms with Crippen molar-refractivity contribution in [1.82, 2.24) is 30.2 Å². The Kier molecular flexibility index (Phi) is 8.44. The lowest BCUT2D eigenvalue weighted by atomic mass is 9.69. The molecule has 0 saturated carbocycles. The summed E-state index contributed by atoms with van der Waals surface area (Å²) in [7, 11) is 1.91. The van der Waals surface area contributed by atoms with Crippen molar-refractivity contribution in [2.75, 3.05) is 19.8 Å². The van der Waals surface area contributed by atoms with Crippen molar-refractivity contribution in [3.8, 4) is 5.75 Å². The van der Waals surface area contributed by atoms with E-state index in [0.717, 1.165) is 71.5 Å². The van der Waals surface area contributed by atoms with E-state index in [-0.39, 0.29) is 24.0 Å². The highest BCUT2D eigenvalue weighted by Gasteiger charge is 2.41. The lowest BCUT2D eigenvalue weighted by molar-refractivity contribution is -0.130. The third-order valence-electron chi connectivity index (χ3n) is 9.53. The van der Waals surface area contributed by atoms with Gasteiger partial charge in [-0.25, -0.2) is 4.68 Å². The molecule has 2 aromatic heterocycles. The summed E-state index contributed by atoms with van der Waals surface area (Å²) in [6.45, 7) is 14.2. The number of amides is 1. The van der Waals surface area contributed by atoms with Crippen LogP contribution in [-0.4, -0.2) is 62.7 Å². The van der Waals surface area contributed by atoms with E-state index in [2.05, 4.69) is 90.5 Å². The Labute approximate surface area is 259 Å². The van der Waals surface area contributed by atoms with Crippen molar-refractivity contribution in [3.05, 3.63) is 82.2 Å². The van der Waals surface area contributed by atoms with E-state index in [4.69, 9.17) is 9.47 Å². The minimum atomic E-state index is -0.760. The van der Waals surface area contributed by atoms with Gasteiger partial charge in [-0.05, 0) is 66.6 Å². The molecule has 0 bridgehead atoms. The number of benzene rings is 2. The molecule has 1 fully saturated rings. The molecule has 232 valence electrons. The summed E-state index contributed by atoms with van der Waals surface area (Å²) in [6.07, 6.45) is 5.59. The summed E-state index contributed by atoms with van der Waals surface area (Å²) in [5.74, 6) is 0.741. The van der Waals surface area contributed by atoms with Crippen molar-refractivity contribution in [2.45, 2.75) is 78.6 Å². The topological polar surface area (TPSA) is 94.4 Å². The van der Waals surface area contributed by atoms with E-state index >= 15 is 0 Å². The summed E-state index contributed by atoms with van der Waals surface area (Å²) in [5, 5.41) is 12.1. The minimum absolute atomic E-state index is 0.0262. The quantitative estimate of drug-likeness (QED) is 0.298. The molecule has 4 heterocycles. The second kappa shape index (κ2) is 12.3. The third-order valence-corrected chi connectivity index (χ3v) is 9.53. The van der Waals surface area contributed by atoms with E-state index in [1.165, 1.54) is 11.1 Å². The molecule has 9 heteroatoms. The van der Waals surface area contributed by atoms with Crippen molar-refractivity contribution >= 4 is 16.9 Å². The van der Waals surface area contributed by atoms with Gasteiger partial charge < -0.3 is 14.8 Å². The second-order valence-corrected chi connectivity index (χ2v) is 13.0. The van der Waals surface area contributed by atoms with Crippen LogP contribution in [0.4, 0.5) is 0 Å². The third kappa shape index (κ3) is 5.83. The molecule has 0 spiro atoms. The molecule has 0 aliphatic carbocycles. The van der Waals surface area contributed by atoms with Crippen LogP contribution >= 0.6 is 0 Å². The molecule has 1 N–H and O–H groups in total. The SMILES string of the molecule is CC[C@@H]1CN(Cc2cc(C(c3ccc4c(nnn4C)c3C)C(C)(C)C(=O)NC3CCOC3)ccc2C)Cc2cnccc2O1. The van der Waals surface area contributed by atoms with Crippen LogP contribution in [0.5, 0.6) is 5.75 Å². The predicted octanol–water partition coefficient (Wildman–Crippen LogP) is 5.22. The zero-order valence-electron chi connectivity index (χ0n) is 26.8. The number of hydrogen-bond donors (Lipinski definition) is 1. The van der Waals surface area contributed by atoms with Crippen LogP contribution in [0, 0.1) is 19.3 Å². The fourth-order valence-electron chi connectivity index (χ4n) is 6.77. The van der Waals surface area contributed by atoms with Crippen LogP contribution in [0.2, 0.25) is 0 Å². The molecule has 2 aromatic carbocycles. The fourth-order valence-corrected chi connectivity index (χ4v) is 6.77. The summed E-state index contributed by atoms with van der Waals surface area (Å²) in [5.41, 5.74) is 7.91. The van der Waals surface area contributed by atoms with Crippen molar-refractivity contribution in [3.63, 3.8) is 0 Å². The summed E-state index contributed by atoms with van der Waals surface area (Å²) >= 11 is 0. The summed E-state index contributed by atoms with van der Waals surface area (Å²) < 4.78 is 13.7. The largest absolute Gasteiger partial charge is 0.489 e. The number of aryl methyl sites for hydroxylation is 3. The van der Waals surface area contributed by atoms with Crippen molar-refractivity contribution < 1.29 is 14.3 Å². The highest BCUT2D eigenvalue weighted by atomic mass is 16.5. The molecule has 1 saturated heterocycles. The first kappa shape index (κ1) is 30.2. The number of ether oxygens (including phenoxy) is 2. The zero-order chi connectivity index (χ0) is 31.0. The van der Waals surface area contributed by atoms with Gasteiger partial charge in [-0.3, -0.25) is 14.7 Å². The van der Waals surface area contributed by atoms with Crippen LogP contribution in [0.3, 0.4) is 0 Å². The Morgan fingerprint density at radius 2 is 2.02 bits per heavy atom. The van der Waals surface area contributed by atoms with E-state index in [9.17, 15) is 4.79 Å². The normalized spacial score (nSPS) is 19.8. The molecular weight excluding hydrogens is 552 g/mol.